The smallest absolute Gasteiger partial charge is 0.323 e. The van der Waals surface area contributed by atoms with Gasteiger partial charge in [0, 0.05) is 24.8 Å². The Kier molecular flexibility index (Phi) is 8.26. The molecule has 1 aliphatic rings. The van der Waals surface area contributed by atoms with Crippen LogP contribution in [0.4, 0.5) is 16.2 Å². The van der Waals surface area contributed by atoms with Gasteiger partial charge in [0.1, 0.15) is 5.75 Å². The average molecular weight is 455 g/mol. The molecule has 0 spiro atoms. The van der Waals surface area contributed by atoms with Crippen LogP contribution in [0.25, 0.3) is 0 Å². The van der Waals surface area contributed by atoms with Crippen LogP contribution in [0, 0.1) is 6.92 Å². The number of nitrogens with one attached hydrogen (secondary N) is 3. The van der Waals surface area contributed by atoms with Crippen molar-refractivity contribution in [3.8, 4) is 5.75 Å². The van der Waals surface area contributed by atoms with Gasteiger partial charge in [0.05, 0.1) is 25.8 Å². The van der Waals surface area contributed by atoms with E-state index in [2.05, 4.69) is 16.0 Å². The van der Waals surface area contributed by atoms with Gasteiger partial charge in [-0.25, -0.2) is 4.79 Å². The summed E-state index contributed by atoms with van der Waals surface area (Å²) in [7, 11) is 1.51. The summed E-state index contributed by atoms with van der Waals surface area (Å²) >= 11 is 0. The first-order valence-corrected chi connectivity index (χ1v) is 10.9. The molecule has 0 aromatic heterocycles. The number of anilines is 2. The number of aryl methyl sites for hydroxylation is 1. The Balaban J connectivity index is 1.53. The summed E-state index contributed by atoms with van der Waals surface area (Å²) in [5.41, 5.74) is 2.93. The van der Waals surface area contributed by atoms with Crippen LogP contribution < -0.4 is 20.7 Å². The molecule has 3 amide bonds. The maximum Gasteiger partial charge on any atom is 0.323 e. The van der Waals surface area contributed by atoms with E-state index >= 15 is 0 Å². The maximum atomic E-state index is 12.5. The molecule has 2 aromatic rings. The Bertz CT molecular complexity index is 1000. The summed E-state index contributed by atoms with van der Waals surface area (Å²) in [6.07, 6.45) is 1.63. The third-order valence-electron chi connectivity index (χ3n) is 5.58. The fourth-order valence-corrected chi connectivity index (χ4v) is 3.83. The molecule has 0 radical (unpaired) electrons. The van der Waals surface area contributed by atoms with Crippen molar-refractivity contribution in [2.24, 2.45) is 0 Å². The van der Waals surface area contributed by atoms with Gasteiger partial charge < -0.3 is 25.8 Å². The zero-order valence-corrected chi connectivity index (χ0v) is 18.9. The molecule has 1 aliphatic heterocycles. The molecule has 0 unspecified atom stereocenters. The number of benzene rings is 2. The molecule has 9 heteroatoms. The number of carboxylic acids is 1. The van der Waals surface area contributed by atoms with Crippen molar-refractivity contribution in [2.45, 2.75) is 32.2 Å². The quantitative estimate of drug-likeness (QED) is 0.487. The number of carbonyl (C=O) groups excluding carboxylic acids is 2. The normalized spacial score (nSPS) is 14.4. The predicted molar refractivity (Wildman–Crippen MR) is 126 cm³/mol. The van der Waals surface area contributed by atoms with Crippen LogP contribution in [0.5, 0.6) is 5.75 Å². The summed E-state index contributed by atoms with van der Waals surface area (Å²) < 4.78 is 5.41. The lowest BCUT2D eigenvalue weighted by molar-refractivity contribution is -0.138. The number of hydrogen-bond acceptors (Lipinski definition) is 5. The minimum absolute atomic E-state index is 0.0316. The van der Waals surface area contributed by atoms with Gasteiger partial charge in [0.15, 0.2) is 0 Å². The predicted octanol–water partition coefficient (Wildman–Crippen LogP) is 2.86. The van der Waals surface area contributed by atoms with Gasteiger partial charge in [0.2, 0.25) is 5.91 Å². The van der Waals surface area contributed by atoms with E-state index in [0.717, 1.165) is 29.7 Å². The standard InChI is InChI=1S/C24H30N4O5/c1-16-5-3-4-6-19(16)26-24(32)27-20-8-7-17(13-21(20)33-2)14-22(29)25-18-9-11-28(12-10-18)15-23(30)31/h3-8,13,18H,9-12,14-15H2,1-2H3,(H,25,29)(H,30,31)(H2,26,27,32). The monoisotopic (exact) mass is 454 g/mol. The first kappa shape index (κ1) is 24.1. The third kappa shape index (κ3) is 7.21. The average Bonchev–Trinajstić information content (AvgIpc) is 2.77. The Hall–Kier alpha value is -3.59. The molecule has 0 atom stereocenters. The summed E-state index contributed by atoms with van der Waals surface area (Å²) in [5, 5.41) is 17.5. The number of rotatable bonds is 8. The first-order valence-electron chi connectivity index (χ1n) is 10.9. The van der Waals surface area contributed by atoms with Gasteiger partial charge in [-0.2, -0.15) is 0 Å². The zero-order chi connectivity index (χ0) is 23.8. The minimum Gasteiger partial charge on any atom is -0.495 e. The number of nitrogens with zero attached hydrogens (tertiary/aromatic N) is 1. The van der Waals surface area contributed by atoms with E-state index in [1.54, 1.807) is 18.2 Å². The number of aliphatic carboxylic acids is 1. The van der Waals surface area contributed by atoms with Crippen LogP contribution in [-0.4, -0.2) is 60.7 Å². The summed E-state index contributed by atoms with van der Waals surface area (Å²) in [5.74, 6) is -0.481. The molecule has 9 nitrogen and oxygen atoms in total. The summed E-state index contributed by atoms with van der Waals surface area (Å²) in [4.78, 5) is 37.6. The number of para-hydroxylation sites is 1. The topological polar surface area (TPSA) is 120 Å². The Labute approximate surface area is 193 Å². The number of urea groups is 1. The highest BCUT2D eigenvalue weighted by Crippen LogP contribution is 2.26. The van der Waals surface area contributed by atoms with E-state index in [9.17, 15) is 14.4 Å². The highest BCUT2D eigenvalue weighted by molar-refractivity contribution is 6.01. The van der Waals surface area contributed by atoms with Crippen LogP contribution in [0.3, 0.4) is 0 Å². The molecule has 1 saturated heterocycles. The van der Waals surface area contributed by atoms with Crippen molar-refractivity contribution in [1.82, 2.24) is 10.2 Å². The number of carbonyl (C=O) groups is 3. The lowest BCUT2D eigenvalue weighted by atomic mass is 10.0. The van der Waals surface area contributed by atoms with Gasteiger partial charge in [-0.15, -0.1) is 0 Å². The summed E-state index contributed by atoms with van der Waals surface area (Å²) in [6.45, 7) is 3.24. The number of amides is 3. The molecule has 3 rings (SSSR count). The van der Waals surface area contributed by atoms with Crippen molar-refractivity contribution >= 4 is 29.3 Å². The number of hydrogen-bond donors (Lipinski definition) is 4. The second-order valence-electron chi connectivity index (χ2n) is 8.12. The van der Waals surface area contributed by atoms with E-state index in [0.29, 0.717) is 24.5 Å². The van der Waals surface area contributed by atoms with Crippen LogP contribution in [0.1, 0.15) is 24.0 Å². The third-order valence-corrected chi connectivity index (χ3v) is 5.58. The maximum absolute atomic E-state index is 12.5. The van der Waals surface area contributed by atoms with Crippen molar-refractivity contribution in [2.75, 3.05) is 37.4 Å². The highest BCUT2D eigenvalue weighted by Gasteiger charge is 2.22. The number of piperidine rings is 1. The molecular weight excluding hydrogens is 424 g/mol. The van der Waals surface area contributed by atoms with Crippen LogP contribution in [-0.2, 0) is 16.0 Å². The van der Waals surface area contributed by atoms with Crippen molar-refractivity contribution in [3.05, 3.63) is 53.6 Å². The molecule has 4 N–H and O–H groups in total. The Morgan fingerprint density at radius 3 is 2.42 bits per heavy atom. The first-order chi connectivity index (χ1) is 15.8. The van der Waals surface area contributed by atoms with E-state index in [1.165, 1.54) is 7.11 Å². The minimum atomic E-state index is -0.836. The van der Waals surface area contributed by atoms with Gasteiger partial charge in [-0.05, 0) is 49.1 Å². The zero-order valence-electron chi connectivity index (χ0n) is 18.9. The van der Waals surface area contributed by atoms with Gasteiger partial charge in [-0.3, -0.25) is 14.5 Å². The molecule has 33 heavy (non-hydrogen) atoms. The summed E-state index contributed by atoms with van der Waals surface area (Å²) in [6, 6.07) is 12.4. The fraction of sp³-hybridized carbons (Fsp3) is 0.375. The SMILES string of the molecule is COc1cc(CC(=O)NC2CCN(CC(=O)O)CC2)ccc1NC(=O)Nc1ccccc1C. The largest absolute Gasteiger partial charge is 0.495 e. The van der Waals surface area contributed by atoms with Crippen LogP contribution in [0.2, 0.25) is 0 Å². The molecule has 0 bridgehead atoms. The van der Waals surface area contributed by atoms with E-state index in [-0.39, 0.29) is 30.9 Å². The second kappa shape index (κ2) is 11.3. The van der Waals surface area contributed by atoms with Crippen molar-refractivity contribution < 1.29 is 24.2 Å². The molecule has 0 saturated carbocycles. The van der Waals surface area contributed by atoms with E-state index in [1.807, 2.05) is 36.1 Å². The van der Waals surface area contributed by atoms with Crippen LogP contribution in [0.15, 0.2) is 42.5 Å². The number of likely N-dealkylation sites (tertiary alicyclic amines) is 1. The molecule has 2 aromatic carbocycles. The molecule has 0 aliphatic carbocycles. The van der Waals surface area contributed by atoms with E-state index in [4.69, 9.17) is 9.84 Å². The number of ether oxygens (including phenoxy) is 1. The molecule has 176 valence electrons. The van der Waals surface area contributed by atoms with Gasteiger partial charge >= 0.3 is 12.0 Å². The lowest BCUT2D eigenvalue weighted by Gasteiger charge is -2.31. The molecule has 1 heterocycles. The lowest BCUT2D eigenvalue weighted by Crippen LogP contribution is -2.46. The highest BCUT2D eigenvalue weighted by atomic mass is 16.5. The fourth-order valence-electron chi connectivity index (χ4n) is 3.83. The van der Waals surface area contributed by atoms with Crippen molar-refractivity contribution in [1.29, 1.82) is 0 Å². The van der Waals surface area contributed by atoms with Gasteiger partial charge in [0.25, 0.3) is 0 Å². The second-order valence-corrected chi connectivity index (χ2v) is 8.12. The van der Waals surface area contributed by atoms with Crippen molar-refractivity contribution in [3.63, 3.8) is 0 Å². The Morgan fingerprint density at radius 2 is 1.76 bits per heavy atom. The Morgan fingerprint density at radius 1 is 1.06 bits per heavy atom. The van der Waals surface area contributed by atoms with Gasteiger partial charge in [-0.1, -0.05) is 24.3 Å². The molecular formula is C24H30N4O5. The van der Waals surface area contributed by atoms with Crippen LogP contribution >= 0.6 is 0 Å². The number of carboxylic acid groups (broad SMARTS) is 1. The number of methoxy groups -OCH3 is 1. The molecule has 1 fully saturated rings. The van der Waals surface area contributed by atoms with E-state index < -0.39 is 5.97 Å².